The number of carbonyl (C=O) groups is 1. The van der Waals surface area contributed by atoms with E-state index in [0.717, 1.165) is 23.5 Å². The Bertz CT molecular complexity index is 906. The number of carbonyl (C=O) groups excluding carboxylic acids is 1. The van der Waals surface area contributed by atoms with E-state index in [1.807, 2.05) is 31.4 Å². The van der Waals surface area contributed by atoms with E-state index in [4.69, 9.17) is 4.42 Å². The lowest BCUT2D eigenvalue weighted by molar-refractivity contribution is 0.103. The largest absolute Gasteiger partial charge is 0.422 e. The quantitative estimate of drug-likeness (QED) is 0.526. The Balaban J connectivity index is 2.10. The van der Waals surface area contributed by atoms with Crippen LogP contribution < -0.4 is 10.5 Å². The van der Waals surface area contributed by atoms with E-state index in [-0.39, 0.29) is 11.3 Å². The molecule has 2 heterocycles. The van der Waals surface area contributed by atoms with Gasteiger partial charge < -0.3 is 9.32 Å². The first-order valence-electron chi connectivity index (χ1n) is 7.55. The molecule has 4 nitrogen and oxygen atoms in total. The molecule has 3 aromatic rings. The highest BCUT2D eigenvalue weighted by atomic mass is 32.1. The number of nitrogens with zero attached hydrogens (tertiary/aromatic N) is 1. The fourth-order valence-electron chi connectivity index (χ4n) is 2.60. The molecule has 0 atom stereocenters. The molecule has 0 spiro atoms. The summed E-state index contributed by atoms with van der Waals surface area (Å²) in [6.07, 6.45) is 0. The summed E-state index contributed by atoms with van der Waals surface area (Å²) in [7, 11) is 0. The summed E-state index contributed by atoms with van der Waals surface area (Å²) < 4.78 is 5.28. The molecule has 0 aliphatic heterocycles. The van der Waals surface area contributed by atoms with Crippen molar-refractivity contribution in [3.63, 3.8) is 0 Å². The van der Waals surface area contributed by atoms with Crippen LogP contribution in [0.4, 0.5) is 5.00 Å². The van der Waals surface area contributed by atoms with Gasteiger partial charge in [-0.3, -0.25) is 4.79 Å². The second-order valence-corrected chi connectivity index (χ2v) is 6.02. The number of fused-ring (bicyclic) bond motifs is 1. The first kappa shape index (κ1) is 15.5. The molecule has 0 saturated heterocycles. The minimum Gasteiger partial charge on any atom is -0.422 e. The minimum absolute atomic E-state index is 0.0792. The Labute approximate surface area is 138 Å². The molecule has 0 amide bonds. The molecule has 0 unspecified atom stereocenters. The summed E-state index contributed by atoms with van der Waals surface area (Å²) in [4.78, 5) is 27.2. The van der Waals surface area contributed by atoms with Gasteiger partial charge in [0.05, 0.1) is 5.56 Å². The summed E-state index contributed by atoms with van der Waals surface area (Å²) in [6, 6.07) is 10.6. The molecule has 23 heavy (non-hydrogen) atoms. The van der Waals surface area contributed by atoms with Crippen molar-refractivity contribution in [1.82, 2.24) is 0 Å². The third kappa shape index (κ3) is 2.80. The molecule has 3 rings (SSSR count). The van der Waals surface area contributed by atoms with Crippen molar-refractivity contribution in [3.8, 4) is 0 Å². The lowest BCUT2D eigenvalue weighted by Crippen LogP contribution is -2.23. The van der Waals surface area contributed by atoms with E-state index in [1.54, 1.807) is 24.3 Å². The first-order valence-corrected chi connectivity index (χ1v) is 8.43. The van der Waals surface area contributed by atoms with Crippen LogP contribution in [0.1, 0.15) is 29.8 Å². The monoisotopic (exact) mass is 327 g/mol. The number of ketones is 1. The molecule has 0 fully saturated rings. The highest BCUT2D eigenvalue weighted by molar-refractivity contribution is 7.14. The molecule has 5 heteroatoms. The number of hydrogen-bond acceptors (Lipinski definition) is 5. The van der Waals surface area contributed by atoms with Crippen LogP contribution >= 0.6 is 11.3 Å². The van der Waals surface area contributed by atoms with Crippen LogP contribution in [0.25, 0.3) is 11.0 Å². The molecule has 0 aliphatic carbocycles. The van der Waals surface area contributed by atoms with E-state index in [1.165, 1.54) is 11.3 Å². The average Bonchev–Trinajstić information content (AvgIpc) is 3.04. The topological polar surface area (TPSA) is 50.5 Å². The summed E-state index contributed by atoms with van der Waals surface area (Å²) >= 11 is 1.51. The predicted molar refractivity (Wildman–Crippen MR) is 93.8 cm³/mol. The van der Waals surface area contributed by atoms with Gasteiger partial charge in [-0.05, 0) is 37.4 Å². The summed E-state index contributed by atoms with van der Waals surface area (Å²) in [5, 5.41) is 3.52. The van der Waals surface area contributed by atoms with Gasteiger partial charge in [-0.15, -0.1) is 11.3 Å². The van der Waals surface area contributed by atoms with Crippen LogP contribution in [0.3, 0.4) is 0 Å². The molecule has 0 radical (unpaired) electrons. The van der Waals surface area contributed by atoms with Crippen LogP contribution in [-0.2, 0) is 0 Å². The van der Waals surface area contributed by atoms with Crippen molar-refractivity contribution in [1.29, 1.82) is 0 Å². The fourth-order valence-corrected chi connectivity index (χ4v) is 3.62. The number of para-hydroxylation sites is 1. The molecule has 0 N–H and O–H groups in total. The number of benzene rings is 1. The Kier molecular flexibility index (Phi) is 4.30. The van der Waals surface area contributed by atoms with Crippen LogP contribution in [0, 0.1) is 0 Å². The van der Waals surface area contributed by atoms with Crippen molar-refractivity contribution < 1.29 is 9.21 Å². The van der Waals surface area contributed by atoms with Crippen molar-refractivity contribution in [2.45, 2.75) is 13.8 Å². The van der Waals surface area contributed by atoms with Gasteiger partial charge in [-0.2, -0.15) is 0 Å². The van der Waals surface area contributed by atoms with Gasteiger partial charge in [-0.25, -0.2) is 4.79 Å². The maximum Gasteiger partial charge on any atom is 0.347 e. The number of thiophene rings is 1. The number of anilines is 1. The standard InChI is InChI=1S/C18H17NO3S/c1-3-19(4-2)17-13(9-10-23-17)16(20)14-11-12-7-5-6-8-15(12)22-18(14)21/h5-11H,3-4H2,1-2H3. The average molecular weight is 327 g/mol. The van der Waals surface area contributed by atoms with Crippen LogP contribution in [-0.4, -0.2) is 18.9 Å². The molecule has 1 aromatic carbocycles. The van der Waals surface area contributed by atoms with Gasteiger partial charge in [-0.1, -0.05) is 18.2 Å². The highest BCUT2D eigenvalue weighted by Gasteiger charge is 2.21. The summed E-state index contributed by atoms with van der Waals surface area (Å²) in [6.45, 7) is 5.71. The zero-order chi connectivity index (χ0) is 16.4. The smallest absolute Gasteiger partial charge is 0.347 e. The van der Waals surface area contributed by atoms with Crippen LogP contribution in [0.2, 0.25) is 0 Å². The van der Waals surface area contributed by atoms with Crippen LogP contribution in [0.5, 0.6) is 0 Å². The SMILES string of the molecule is CCN(CC)c1sccc1C(=O)c1cc2ccccc2oc1=O. The summed E-state index contributed by atoms with van der Waals surface area (Å²) in [5.41, 5.74) is 0.533. The number of rotatable bonds is 5. The molecular formula is C18H17NO3S. The molecular weight excluding hydrogens is 310 g/mol. The highest BCUT2D eigenvalue weighted by Crippen LogP contribution is 2.29. The van der Waals surface area contributed by atoms with E-state index in [9.17, 15) is 9.59 Å². The molecule has 0 saturated carbocycles. The summed E-state index contributed by atoms with van der Waals surface area (Å²) in [5.74, 6) is -0.285. The minimum atomic E-state index is -0.592. The molecule has 0 bridgehead atoms. The van der Waals surface area contributed by atoms with E-state index >= 15 is 0 Å². The lowest BCUT2D eigenvalue weighted by atomic mass is 10.1. The zero-order valence-electron chi connectivity index (χ0n) is 13.0. The number of hydrogen-bond donors (Lipinski definition) is 0. The molecule has 2 aromatic heterocycles. The van der Waals surface area contributed by atoms with Crippen molar-refractivity contribution >= 4 is 33.1 Å². The third-order valence-electron chi connectivity index (χ3n) is 3.83. The van der Waals surface area contributed by atoms with E-state index in [2.05, 4.69) is 4.90 Å². The maximum atomic E-state index is 12.8. The Morgan fingerprint density at radius 1 is 1.13 bits per heavy atom. The van der Waals surface area contributed by atoms with Gasteiger partial charge in [0.1, 0.15) is 16.1 Å². The first-order chi connectivity index (χ1) is 11.2. The normalized spacial score (nSPS) is 10.9. The lowest BCUT2D eigenvalue weighted by Gasteiger charge is -2.20. The maximum absolute atomic E-state index is 12.8. The zero-order valence-corrected chi connectivity index (χ0v) is 13.9. The van der Waals surface area contributed by atoms with Gasteiger partial charge in [0.15, 0.2) is 0 Å². The fraction of sp³-hybridized carbons (Fsp3) is 0.222. The Hall–Kier alpha value is -2.40. The second-order valence-electron chi connectivity index (χ2n) is 5.13. The van der Waals surface area contributed by atoms with Gasteiger partial charge in [0.2, 0.25) is 5.78 Å². The van der Waals surface area contributed by atoms with Crippen molar-refractivity contribution in [2.75, 3.05) is 18.0 Å². The van der Waals surface area contributed by atoms with Gasteiger partial charge in [0.25, 0.3) is 0 Å². The third-order valence-corrected chi connectivity index (χ3v) is 4.80. The molecule has 0 aliphatic rings. The van der Waals surface area contributed by atoms with E-state index < -0.39 is 5.63 Å². The Morgan fingerprint density at radius 2 is 1.87 bits per heavy atom. The van der Waals surface area contributed by atoms with Crippen molar-refractivity contribution in [2.24, 2.45) is 0 Å². The Morgan fingerprint density at radius 3 is 2.61 bits per heavy atom. The van der Waals surface area contributed by atoms with Crippen LogP contribution in [0.15, 0.2) is 51.0 Å². The van der Waals surface area contributed by atoms with Gasteiger partial charge >= 0.3 is 5.63 Å². The second kappa shape index (κ2) is 6.38. The predicted octanol–water partition coefficient (Wildman–Crippen LogP) is 3.93. The van der Waals surface area contributed by atoms with Crippen molar-refractivity contribution in [3.05, 3.63) is 63.3 Å². The van der Waals surface area contributed by atoms with Gasteiger partial charge in [0, 0.05) is 18.5 Å². The molecule has 118 valence electrons. The van der Waals surface area contributed by atoms with E-state index in [0.29, 0.717) is 11.1 Å².